The molecule has 0 aromatic heterocycles. The van der Waals surface area contributed by atoms with Crippen molar-refractivity contribution in [2.45, 2.75) is 79.1 Å². The lowest BCUT2D eigenvalue weighted by atomic mass is 9.80. The Morgan fingerprint density at radius 2 is 1.11 bits per heavy atom. The Labute approximate surface area is 271 Å². The molecule has 0 radical (unpaired) electrons. The molecule has 0 heterocycles. The summed E-state index contributed by atoms with van der Waals surface area (Å²) in [5.41, 5.74) is 13.2. The lowest BCUT2D eigenvalue weighted by molar-refractivity contribution is 0.834. The van der Waals surface area contributed by atoms with Crippen molar-refractivity contribution in [3.63, 3.8) is 0 Å². The molecule has 2 nitrogen and oxygen atoms in total. The van der Waals surface area contributed by atoms with Crippen LogP contribution >= 0.6 is 0 Å². The molecule has 1 N–H and O–H groups in total. The van der Waals surface area contributed by atoms with Gasteiger partial charge in [-0.2, -0.15) is 0 Å². The van der Waals surface area contributed by atoms with Gasteiger partial charge in [-0.05, 0) is 68.2 Å². The molecule has 4 aromatic rings. The Morgan fingerprint density at radius 1 is 0.600 bits per heavy atom. The first-order chi connectivity index (χ1) is 21.6. The van der Waals surface area contributed by atoms with Crippen LogP contribution in [0.1, 0.15) is 112 Å². The van der Waals surface area contributed by atoms with E-state index in [0.717, 1.165) is 33.7 Å². The van der Waals surface area contributed by atoms with Crippen LogP contribution in [0.5, 0.6) is 0 Å². The van der Waals surface area contributed by atoms with Crippen LogP contribution < -0.4 is 0 Å². The van der Waals surface area contributed by atoms with Crippen molar-refractivity contribution >= 4 is 17.1 Å². The molecular weight excluding hydrogens is 544 g/mol. The maximum absolute atomic E-state index is 9.80. The predicted molar refractivity (Wildman–Crippen MR) is 195 cm³/mol. The van der Waals surface area contributed by atoms with Gasteiger partial charge < -0.3 is 0 Å². The summed E-state index contributed by atoms with van der Waals surface area (Å²) in [5.74, 6) is 1.28. The molecule has 4 aromatic carbocycles. The van der Waals surface area contributed by atoms with Crippen LogP contribution in [0.2, 0.25) is 0 Å². The second-order valence-corrected chi connectivity index (χ2v) is 13.5. The average Bonchev–Trinajstić information content (AvgIpc) is 3.52. The van der Waals surface area contributed by atoms with E-state index in [-0.39, 0.29) is 5.92 Å². The largest absolute Gasteiger partial charge is 0.300 e. The summed E-state index contributed by atoms with van der Waals surface area (Å²) in [6.07, 6.45) is 6.44. The first kappa shape index (κ1) is 32.1. The summed E-state index contributed by atoms with van der Waals surface area (Å²) < 4.78 is 0. The zero-order valence-electron chi connectivity index (χ0n) is 28.2. The minimum atomic E-state index is -0.141. The van der Waals surface area contributed by atoms with Crippen LogP contribution in [-0.4, -0.2) is 11.4 Å². The van der Waals surface area contributed by atoms with E-state index in [1.807, 2.05) is 0 Å². The van der Waals surface area contributed by atoms with E-state index in [4.69, 9.17) is 4.99 Å². The molecule has 0 bridgehead atoms. The van der Waals surface area contributed by atoms with Gasteiger partial charge in [0, 0.05) is 11.5 Å². The highest BCUT2D eigenvalue weighted by Gasteiger charge is 2.29. The van der Waals surface area contributed by atoms with Crippen LogP contribution in [0.3, 0.4) is 0 Å². The fourth-order valence-corrected chi connectivity index (χ4v) is 6.58. The highest BCUT2D eigenvalue weighted by molar-refractivity contribution is 6.20. The summed E-state index contributed by atoms with van der Waals surface area (Å²) in [6, 6.07) is 32.3. The van der Waals surface area contributed by atoms with E-state index in [2.05, 4.69) is 165 Å². The molecule has 0 fully saturated rings. The molecule has 0 aliphatic heterocycles. The number of benzene rings is 4. The number of aliphatic imine (C=N–C) groups is 1. The van der Waals surface area contributed by atoms with Gasteiger partial charge in [0.25, 0.3) is 0 Å². The van der Waals surface area contributed by atoms with Crippen LogP contribution in [0, 0.1) is 11.3 Å². The van der Waals surface area contributed by atoms with Crippen LogP contribution in [-0.2, 0) is 0 Å². The Balaban J connectivity index is 1.68. The normalized spacial score (nSPS) is 15.1. The van der Waals surface area contributed by atoms with Gasteiger partial charge in [0.2, 0.25) is 0 Å². The molecule has 1 atom stereocenters. The second-order valence-electron chi connectivity index (χ2n) is 13.5. The minimum absolute atomic E-state index is 0.141. The SMILES string of the molecule is CC(C)c1cccc(C(C)C)c1N=C(c1ccccc1)C1C=CC=C1C(=N)c1ccccc1-c1c(C(C)C)cccc1C(C)C. The molecule has 1 unspecified atom stereocenters. The zero-order valence-corrected chi connectivity index (χ0v) is 28.2. The highest BCUT2D eigenvalue weighted by atomic mass is 14.8. The van der Waals surface area contributed by atoms with Crippen molar-refractivity contribution in [1.29, 1.82) is 5.41 Å². The van der Waals surface area contributed by atoms with Gasteiger partial charge in [0.15, 0.2) is 0 Å². The number of allylic oxidation sites excluding steroid dienone is 4. The first-order valence-electron chi connectivity index (χ1n) is 16.6. The fourth-order valence-electron chi connectivity index (χ4n) is 6.58. The molecule has 2 heteroatoms. The monoisotopic (exact) mass is 592 g/mol. The second kappa shape index (κ2) is 13.8. The Bertz CT molecular complexity index is 1710. The van der Waals surface area contributed by atoms with E-state index in [0.29, 0.717) is 29.4 Å². The summed E-state index contributed by atoms with van der Waals surface area (Å²) in [6.45, 7) is 18.0. The summed E-state index contributed by atoms with van der Waals surface area (Å²) in [5, 5.41) is 9.80. The van der Waals surface area contributed by atoms with E-state index in [9.17, 15) is 5.41 Å². The summed E-state index contributed by atoms with van der Waals surface area (Å²) in [4.78, 5) is 5.56. The maximum Gasteiger partial charge on any atom is 0.0702 e. The van der Waals surface area contributed by atoms with Crippen molar-refractivity contribution in [3.8, 4) is 11.1 Å². The molecule has 1 aliphatic rings. The lowest BCUT2D eigenvalue weighted by Crippen LogP contribution is -2.21. The van der Waals surface area contributed by atoms with Gasteiger partial charge in [-0.15, -0.1) is 0 Å². The van der Waals surface area contributed by atoms with Crippen molar-refractivity contribution in [1.82, 2.24) is 0 Å². The Morgan fingerprint density at radius 3 is 1.67 bits per heavy atom. The number of para-hydroxylation sites is 1. The fraction of sp³-hybridized carbons (Fsp3) is 0.302. The molecule has 0 amide bonds. The number of rotatable bonds is 10. The van der Waals surface area contributed by atoms with Crippen molar-refractivity contribution in [3.05, 3.63) is 148 Å². The van der Waals surface area contributed by atoms with Crippen molar-refractivity contribution in [2.24, 2.45) is 10.9 Å². The van der Waals surface area contributed by atoms with E-state index in [1.165, 1.54) is 27.8 Å². The van der Waals surface area contributed by atoms with Gasteiger partial charge in [-0.3, -0.25) is 10.4 Å². The third-order valence-corrected chi connectivity index (χ3v) is 8.98. The van der Waals surface area contributed by atoms with Crippen LogP contribution in [0.4, 0.5) is 5.69 Å². The van der Waals surface area contributed by atoms with E-state index in [1.54, 1.807) is 0 Å². The Kier molecular flexibility index (Phi) is 9.83. The third-order valence-electron chi connectivity index (χ3n) is 8.98. The molecule has 5 rings (SSSR count). The van der Waals surface area contributed by atoms with Crippen molar-refractivity contribution < 1.29 is 0 Å². The average molecular weight is 593 g/mol. The van der Waals surface area contributed by atoms with E-state index >= 15 is 0 Å². The van der Waals surface area contributed by atoms with Gasteiger partial charge in [-0.25, -0.2) is 0 Å². The molecule has 1 aliphatic carbocycles. The van der Waals surface area contributed by atoms with Gasteiger partial charge >= 0.3 is 0 Å². The standard InChI is InChI=1S/C43H48N2/c1-27(2)32-21-14-22-33(28(3)4)40(32)36-19-12-13-20-37(36)41(44)38-25-16-26-39(38)42(31-17-10-9-11-18-31)45-43-34(29(5)6)23-15-24-35(43)30(7)8/h9-30,39,44H,1-8H3. The molecular formula is C43H48N2. The maximum atomic E-state index is 9.80. The minimum Gasteiger partial charge on any atom is -0.300 e. The first-order valence-corrected chi connectivity index (χ1v) is 16.6. The number of hydrogen-bond donors (Lipinski definition) is 1. The number of hydrogen-bond acceptors (Lipinski definition) is 2. The highest BCUT2D eigenvalue weighted by Crippen LogP contribution is 2.41. The zero-order chi connectivity index (χ0) is 32.2. The van der Waals surface area contributed by atoms with Gasteiger partial charge in [-0.1, -0.05) is 165 Å². The molecule has 0 spiro atoms. The number of nitrogens with zero attached hydrogens (tertiary/aromatic N) is 1. The topological polar surface area (TPSA) is 36.2 Å². The summed E-state index contributed by atoms with van der Waals surface area (Å²) in [7, 11) is 0. The predicted octanol–water partition coefficient (Wildman–Crippen LogP) is 12.1. The van der Waals surface area contributed by atoms with E-state index < -0.39 is 0 Å². The molecule has 230 valence electrons. The quantitative estimate of drug-likeness (QED) is 0.178. The smallest absolute Gasteiger partial charge is 0.0702 e. The summed E-state index contributed by atoms with van der Waals surface area (Å²) >= 11 is 0. The molecule has 0 saturated heterocycles. The van der Waals surface area contributed by atoms with Gasteiger partial charge in [0.05, 0.1) is 17.1 Å². The molecule has 45 heavy (non-hydrogen) atoms. The van der Waals surface area contributed by atoms with Gasteiger partial charge in [0.1, 0.15) is 0 Å². The van der Waals surface area contributed by atoms with Crippen LogP contribution in [0.15, 0.2) is 120 Å². The van der Waals surface area contributed by atoms with Crippen molar-refractivity contribution in [2.75, 3.05) is 0 Å². The molecule has 0 saturated carbocycles. The third kappa shape index (κ3) is 6.57. The Hall–Kier alpha value is -4.30. The number of nitrogens with one attached hydrogen (secondary N) is 1. The van der Waals surface area contributed by atoms with Crippen LogP contribution in [0.25, 0.3) is 11.1 Å². The lowest BCUT2D eigenvalue weighted by Gasteiger charge is -2.24.